The van der Waals surface area contributed by atoms with E-state index in [-0.39, 0.29) is 18.7 Å². The van der Waals surface area contributed by atoms with Crippen molar-refractivity contribution in [3.8, 4) is 0 Å². The monoisotopic (exact) mass is 454 g/mol. The van der Waals surface area contributed by atoms with E-state index in [0.717, 1.165) is 16.5 Å². The summed E-state index contributed by atoms with van der Waals surface area (Å²) in [5, 5.41) is 13.9. The predicted octanol–water partition coefficient (Wildman–Crippen LogP) is 1.53. The number of carbonyl (C=O) groups excluding carboxylic acids is 2. The van der Waals surface area contributed by atoms with Crippen LogP contribution in [0.4, 0.5) is 4.39 Å². The van der Waals surface area contributed by atoms with Crippen LogP contribution in [0.15, 0.2) is 66.6 Å². The highest BCUT2D eigenvalue weighted by Gasteiger charge is 2.19. The summed E-state index contributed by atoms with van der Waals surface area (Å²) in [7, 11) is 1.96. The molecule has 1 heterocycles. The summed E-state index contributed by atoms with van der Waals surface area (Å²) in [6, 6.07) is 12.6. The van der Waals surface area contributed by atoms with Gasteiger partial charge in [-0.1, -0.05) is 6.07 Å². The van der Waals surface area contributed by atoms with Gasteiger partial charge in [0.1, 0.15) is 5.82 Å². The first-order valence-corrected chi connectivity index (χ1v) is 10.3. The Bertz CT molecular complexity index is 1160. The second-order valence-corrected chi connectivity index (χ2v) is 7.76. The number of aromatic nitrogens is 1. The van der Waals surface area contributed by atoms with Gasteiger partial charge in [-0.3, -0.25) is 14.8 Å². The van der Waals surface area contributed by atoms with Crippen molar-refractivity contribution in [1.29, 1.82) is 0 Å². The molecule has 0 aliphatic rings. The molecule has 174 valence electrons. The second kappa shape index (κ2) is 10.6. The maximum Gasteiger partial charge on any atom is 0.251 e. The number of hydrazine groups is 1. The maximum atomic E-state index is 13.0. The lowest BCUT2D eigenvalue weighted by Gasteiger charge is -2.26. The van der Waals surface area contributed by atoms with Crippen molar-refractivity contribution in [2.75, 3.05) is 6.54 Å². The number of hydroxylamine groups is 1. The van der Waals surface area contributed by atoms with Gasteiger partial charge in [0.05, 0.1) is 19.0 Å². The molecule has 3 rings (SSSR count). The third kappa shape index (κ3) is 6.31. The third-order valence-electron chi connectivity index (χ3n) is 5.26. The van der Waals surface area contributed by atoms with Crippen molar-refractivity contribution in [2.24, 2.45) is 18.6 Å². The first kappa shape index (κ1) is 23.8. The number of fused-ring (bicyclic) bond motifs is 1. The van der Waals surface area contributed by atoms with Crippen LogP contribution in [0.2, 0.25) is 0 Å². The van der Waals surface area contributed by atoms with Gasteiger partial charge in [0.15, 0.2) is 0 Å². The maximum absolute atomic E-state index is 13.0. The first-order chi connectivity index (χ1) is 15.8. The van der Waals surface area contributed by atoms with Gasteiger partial charge in [0.25, 0.3) is 5.91 Å². The summed E-state index contributed by atoms with van der Waals surface area (Å²) < 4.78 is 15.0. The fourth-order valence-corrected chi connectivity index (χ4v) is 3.50. The number of aryl methyl sites for hydroxylation is 1. The zero-order valence-corrected chi connectivity index (χ0v) is 18.2. The quantitative estimate of drug-likeness (QED) is 0.189. The minimum absolute atomic E-state index is 0.00119. The van der Waals surface area contributed by atoms with Gasteiger partial charge in [-0.05, 0) is 59.8 Å². The molecule has 0 fully saturated rings. The van der Waals surface area contributed by atoms with Crippen LogP contribution in [0, 0.1) is 5.82 Å². The van der Waals surface area contributed by atoms with Crippen molar-refractivity contribution < 1.29 is 19.2 Å². The van der Waals surface area contributed by atoms with Gasteiger partial charge in [-0.25, -0.2) is 15.7 Å². The largest absolute Gasteiger partial charge is 0.399 e. The van der Waals surface area contributed by atoms with Crippen LogP contribution < -0.4 is 22.4 Å². The number of nitrogens with one attached hydrogen (secondary N) is 2. The van der Waals surface area contributed by atoms with E-state index < -0.39 is 23.7 Å². The van der Waals surface area contributed by atoms with Crippen LogP contribution in [-0.2, 0) is 18.3 Å². The van der Waals surface area contributed by atoms with Crippen LogP contribution in [0.3, 0.4) is 0 Å². The van der Waals surface area contributed by atoms with Gasteiger partial charge >= 0.3 is 0 Å². The fourth-order valence-electron chi connectivity index (χ4n) is 3.50. The minimum Gasteiger partial charge on any atom is -0.399 e. The van der Waals surface area contributed by atoms with E-state index in [0.29, 0.717) is 12.0 Å². The summed E-state index contributed by atoms with van der Waals surface area (Å²) in [5.74, 6) is 4.74. The van der Waals surface area contributed by atoms with Crippen LogP contribution in [0.25, 0.3) is 10.9 Å². The Kier molecular flexibility index (Phi) is 7.65. The Morgan fingerprint density at radius 1 is 1.21 bits per heavy atom. The molecule has 2 amide bonds. The van der Waals surface area contributed by atoms with E-state index in [4.69, 9.17) is 16.8 Å². The van der Waals surface area contributed by atoms with Crippen molar-refractivity contribution in [3.63, 3.8) is 0 Å². The number of carbonyl (C=O) groups is 2. The Morgan fingerprint density at radius 3 is 2.64 bits per heavy atom. The van der Waals surface area contributed by atoms with Crippen molar-refractivity contribution in [3.05, 3.63) is 83.6 Å². The third-order valence-corrected chi connectivity index (χ3v) is 5.26. The zero-order chi connectivity index (χ0) is 24.0. The number of hydrogen-bond acceptors (Lipinski definition) is 6. The van der Waals surface area contributed by atoms with Gasteiger partial charge in [0, 0.05) is 36.2 Å². The SMILES string of the molecule is Cn1ccc2cc(CC(CC(=O)NO)N(N)/C=C(\N)CNC(=O)c3ccc(F)cc3)ccc21. The molecule has 0 spiro atoms. The Morgan fingerprint density at radius 2 is 1.94 bits per heavy atom. The molecule has 0 saturated heterocycles. The van der Waals surface area contributed by atoms with E-state index in [1.165, 1.54) is 35.5 Å². The number of nitrogens with two attached hydrogens (primary N) is 2. The molecule has 1 atom stereocenters. The van der Waals surface area contributed by atoms with E-state index in [9.17, 15) is 14.0 Å². The summed E-state index contributed by atoms with van der Waals surface area (Å²) in [6.45, 7) is -0.00119. The predicted molar refractivity (Wildman–Crippen MR) is 122 cm³/mol. The van der Waals surface area contributed by atoms with E-state index >= 15 is 0 Å². The van der Waals surface area contributed by atoms with E-state index in [1.54, 1.807) is 5.48 Å². The lowest BCUT2D eigenvalue weighted by molar-refractivity contribution is -0.130. The van der Waals surface area contributed by atoms with Crippen LogP contribution >= 0.6 is 0 Å². The van der Waals surface area contributed by atoms with Crippen LogP contribution in [0.5, 0.6) is 0 Å². The van der Waals surface area contributed by atoms with Crippen molar-refractivity contribution in [1.82, 2.24) is 20.4 Å². The fraction of sp³-hybridized carbons (Fsp3) is 0.217. The molecule has 0 aliphatic heterocycles. The van der Waals surface area contributed by atoms with Crippen LogP contribution in [0.1, 0.15) is 22.3 Å². The van der Waals surface area contributed by atoms with Crippen molar-refractivity contribution >= 4 is 22.7 Å². The second-order valence-electron chi connectivity index (χ2n) is 7.76. The number of nitrogens with zero attached hydrogens (tertiary/aromatic N) is 2. The normalized spacial score (nSPS) is 12.4. The summed E-state index contributed by atoms with van der Waals surface area (Å²) >= 11 is 0. The van der Waals surface area contributed by atoms with E-state index in [2.05, 4.69) is 5.32 Å². The van der Waals surface area contributed by atoms with Gasteiger partial charge in [-0.15, -0.1) is 0 Å². The highest BCUT2D eigenvalue weighted by molar-refractivity contribution is 5.94. The molecule has 1 aromatic heterocycles. The lowest BCUT2D eigenvalue weighted by atomic mass is 10.0. The van der Waals surface area contributed by atoms with Gasteiger partial charge in [0.2, 0.25) is 5.91 Å². The molecule has 3 aromatic rings. The highest BCUT2D eigenvalue weighted by atomic mass is 19.1. The van der Waals surface area contributed by atoms with Crippen molar-refractivity contribution in [2.45, 2.75) is 18.9 Å². The Balaban J connectivity index is 1.68. The molecular weight excluding hydrogens is 427 g/mol. The average molecular weight is 455 g/mol. The van der Waals surface area contributed by atoms with Gasteiger partial charge in [-0.2, -0.15) is 0 Å². The molecule has 10 heteroatoms. The molecule has 0 radical (unpaired) electrons. The number of halogens is 1. The van der Waals surface area contributed by atoms with Gasteiger partial charge < -0.3 is 20.6 Å². The number of rotatable bonds is 9. The molecule has 0 bridgehead atoms. The topological polar surface area (TPSA) is 139 Å². The summed E-state index contributed by atoms with van der Waals surface area (Å²) in [4.78, 5) is 24.0. The molecule has 9 nitrogen and oxygen atoms in total. The number of benzene rings is 2. The molecular formula is C23H27FN6O3. The molecule has 0 aliphatic carbocycles. The zero-order valence-electron chi connectivity index (χ0n) is 18.2. The average Bonchev–Trinajstić information content (AvgIpc) is 3.17. The summed E-state index contributed by atoms with van der Waals surface area (Å²) in [6.07, 6.45) is 3.73. The minimum atomic E-state index is -0.590. The standard InChI is InChI=1S/C23H27FN6O3/c1-29-9-8-17-10-15(2-7-21(17)29)11-20(12-22(31)28-33)30(26)14-19(25)13-27-23(32)16-3-5-18(24)6-4-16/h2-10,14,20,33H,11-13,25-26H2,1H3,(H,27,32)(H,28,31)/b19-14-. The molecule has 2 aromatic carbocycles. The smallest absolute Gasteiger partial charge is 0.251 e. The Labute approximate surface area is 190 Å². The Hall–Kier alpha value is -3.89. The first-order valence-electron chi connectivity index (χ1n) is 10.3. The molecule has 7 N–H and O–H groups in total. The molecule has 1 unspecified atom stereocenters. The van der Waals surface area contributed by atoms with Crippen LogP contribution in [-0.4, -0.2) is 39.2 Å². The summed E-state index contributed by atoms with van der Waals surface area (Å²) in [5.41, 5.74) is 10.2. The number of amides is 2. The number of hydrogen-bond donors (Lipinski definition) is 5. The van der Waals surface area contributed by atoms with E-state index in [1.807, 2.05) is 42.1 Å². The highest BCUT2D eigenvalue weighted by Crippen LogP contribution is 2.19. The lowest BCUT2D eigenvalue weighted by Crippen LogP contribution is -2.42. The molecule has 33 heavy (non-hydrogen) atoms. The molecule has 0 saturated carbocycles.